The van der Waals surface area contributed by atoms with Gasteiger partial charge in [-0.1, -0.05) is 45.2 Å². The van der Waals surface area contributed by atoms with Crippen molar-refractivity contribution in [1.29, 1.82) is 0 Å². The SMILES string of the molecule is COc1cccc(CNC(C)C)c1OCC1CCCCC1. The Morgan fingerprint density at radius 1 is 1.19 bits per heavy atom. The third-order valence-electron chi connectivity index (χ3n) is 4.17. The Balaban J connectivity index is 2.03. The Morgan fingerprint density at radius 3 is 2.62 bits per heavy atom. The number of benzene rings is 1. The standard InChI is InChI=1S/C18H29NO2/c1-14(2)19-12-16-10-7-11-17(20-3)18(16)21-13-15-8-5-4-6-9-15/h7,10-11,14-15,19H,4-6,8-9,12-13H2,1-3H3. The summed E-state index contributed by atoms with van der Waals surface area (Å²) in [5.74, 6) is 2.46. The highest BCUT2D eigenvalue weighted by Crippen LogP contribution is 2.33. The highest BCUT2D eigenvalue weighted by molar-refractivity contribution is 5.46. The van der Waals surface area contributed by atoms with Crippen LogP contribution in [0.3, 0.4) is 0 Å². The normalized spacial score (nSPS) is 16.2. The van der Waals surface area contributed by atoms with Gasteiger partial charge in [0, 0.05) is 18.2 Å². The van der Waals surface area contributed by atoms with E-state index in [9.17, 15) is 0 Å². The van der Waals surface area contributed by atoms with Crippen molar-refractivity contribution in [2.45, 2.75) is 58.5 Å². The van der Waals surface area contributed by atoms with E-state index < -0.39 is 0 Å². The maximum atomic E-state index is 6.17. The van der Waals surface area contributed by atoms with Gasteiger partial charge in [0.15, 0.2) is 11.5 Å². The minimum atomic E-state index is 0.461. The van der Waals surface area contributed by atoms with Gasteiger partial charge < -0.3 is 14.8 Å². The van der Waals surface area contributed by atoms with Crippen molar-refractivity contribution in [3.8, 4) is 11.5 Å². The summed E-state index contributed by atoms with van der Waals surface area (Å²) in [5.41, 5.74) is 1.18. The number of hydrogen-bond acceptors (Lipinski definition) is 3. The van der Waals surface area contributed by atoms with Gasteiger partial charge in [-0.05, 0) is 24.8 Å². The molecule has 0 spiro atoms. The third kappa shape index (κ3) is 4.92. The lowest BCUT2D eigenvalue weighted by Crippen LogP contribution is -2.23. The molecule has 1 aromatic carbocycles. The van der Waals surface area contributed by atoms with Crippen LogP contribution in [0.2, 0.25) is 0 Å². The predicted octanol–water partition coefficient (Wildman–Crippen LogP) is 4.15. The van der Waals surface area contributed by atoms with Crippen LogP contribution in [0.5, 0.6) is 11.5 Å². The fourth-order valence-electron chi connectivity index (χ4n) is 2.89. The summed E-state index contributed by atoms with van der Waals surface area (Å²) in [6.07, 6.45) is 6.68. The predicted molar refractivity (Wildman–Crippen MR) is 87.0 cm³/mol. The minimum absolute atomic E-state index is 0.461. The van der Waals surface area contributed by atoms with Crippen molar-refractivity contribution in [2.75, 3.05) is 13.7 Å². The average Bonchev–Trinajstić information content (AvgIpc) is 2.52. The van der Waals surface area contributed by atoms with Crippen LogP contribution in [0.1, 0.15) is 51.5 Å². The number of hydrogen-bond donors (Lipinski definition) is 1. The second-order valence-electron chi connectivity index (χ2n) is 6.30. The molecule has 1 aromatic rings. The highest BCUT2D eigenvalue weighted by atomic mass is 16.5. The maximum absolute atomic E-state index is 6.17. The summed E-state index contributed by atoms with van der Waals surface area (Å²) in [5, 5.41) is 3.46. The van der Waals surface area contributed by atoms with E-state index in [4.69, 9.17) is 9.47 Å². The lowest BCUT2D eigenvalue weighted by atomic mass is 9.90. The van der Waals surface area contributed by atoms with E-state index in [1.807, 2.05) is 12.1 Å². The van der Waals surface area contributed by atoms with E-state index in [0.717, 1.165) is 24.7 Å². The van der Waals surface area contributed by atoms with Gasteiger partial charge in [-0.2, -0.15) is 0 Å². The summed E-state index contributed by atoms with van der Waals surface area (Å²) >= 11 is 0. The zero-order valence-corrected chi connectivity index (χ0v) is 13.7. The first-order valence-corrected chi connectivity index (χ1v) is 8.22. The first-order chi connectivity index (χ1) is 10.2. The summed E-state index contributed by atoms with van der Waals surface area (Å²) < 4.78 is 11.6. The molecule has 0 bridgehead atoms. The van der Waals surface area contributed by atoms with Gasteiger partial charge in [-0.25, -0.2) is 0 Å². The number of rotatable bonds is 7. The smallest absolute Gasteiger partial charge is 0.165 e. The molecule has 1 aliphatic rings. The van der Waals surface area contributed by atoms with Gasteiger partial charge in [0.25, 0.3) is 0 Å². The Morgan fingerprint density at radius 2 is 1.95 bits per heavy atom. The van der Waals surface area contributed by atoms with Crippen molar-refractivity contribution < 1.29 is 9.47 Å². The summed E-state index contributed by atoms with van der Waals surface area (Å²) in [6, 6.07) is 6.59. The molecule has 0 aromatic heterocycles. The Kier molecular flexibility index (Phi) is 6.37. The number of methoxy groups -OCH3 is 1. The summed E-state index contributed by atoms with van der Waals surface area (Å²) in [7, 11) is 1.71. The van der Waals surface area contributed by atoms with Crippen LogP contribution in [0, 0.1) is 5.92 Å². The summed E-state index contributed by atoms with van der Waals surface area (Å²) in [6.45, 7) is 5.94. The Labute approximate surface area is 129 Å². The molecule has 3 heteroatoms. The number of nitrogens with one attached hydrogen (secondary N) is 1. The maximum Gasteiger partial charge on any atom is 0.165 e. The van der Waals surface area contributed by atoms with Crippen LogP contribution in [-0.4, -0.2) is 19.8 Å². The van der Waals surface area contributed by atoms with Crippen LogP contribution >= 0.6 is 0 Å². The molecule has 0 radical (unpaired) electrons. The van der Waals surface area contributed by atoms with Crippen LogP contribution in [0.4, 0.5) is 0 Å². The summed E-state index contributed by atoms with van der Waals surface area (Å²) in [4.78, 5) is 0. The Bertz CT molecular complexity index is 425. The molecule has 21 heavy (non-hydrogen) atoms. The molecule has 0 amide bonds. The quantitative estimate of drug-likeness (QED) is 0.818. The molecule has 1 saturated carbocycles. The highest BCUT2D eigenvalue weighted by Gasteiger charge is 2.17. The molecular weight excluding hydrogens is 262 g/mol. The van der Waals surface area contributed by atoms with E-state index >= 15 is 0 Å². The van der Waals surface area contributed by atoms with Gasteiger partial charge in [0.1, 0.15) is 0 Å². The second kappa shape index (κ2) is 8.28. The van der Waals surface area contributed by atoms with Crippen LogP contribution < -0.4 is 14.8 Å². The van der Waals surface area contributed by atoms with Gasteiger partial charge >= 0.3 is 0 Å². The van der Waals surface area contributed by atoms with Crippen LogP contribution in [0.15, 0.2) is 18.2 Å². The van der Waals surface area contributed by atoms with Gasteiger partial charge in [0.05, 0.1) is 13.7 Å². The lowest BCUT2D eigenvalue weighted by molar-refractivity contribution is 0.200. The number of ether oxygens (including phenoxy) is 2. The molecule has 0 atom stereocenters. The zero-order chi connectivity index (χ0) is 15.1. The first-order valence-electron chi connectivity index (χ1n) is 8.22. The van der Waals surface area contributed by atoms with E-state index in [-0.39, 0.29) is 0 Å². The van der Waals surface area contributed by atoms with Gasteiger partial charge in [-0.15, -0.1) is 0 Å². The largest absolute Gasteiger partial charge is 0.493 e. The van der Waals surface area contributed by atoms with Gasteiger partial charge in [0.2, 0.25) is 0 Å². The molecule has 0 heterocycles. The third-order valence-corrected chi connectivity index (χ3v) is 4.17. The van der Waals surface area contributed by atoms with E-state index in [1.165, 1.54) is 37.7 Å². The fourth-order valence-corrected chi connectivity index (χ4v) is 2.89. The monoisotopic (exact) mass is 291 g/mol. The van der Waals surface area contributed by atoms with Crippen LogP contribution in [0.25, 0.3) is 0 Å². The second-order valence-corrected chi connectivity index (χ2v) is 6.30. The van der Waals surface area contributed by atoms with Gasteiger partial charge in [-0.3, -0.25) is 0 Å². The van der Waals surface area contributed by atoms with E-state index in [0.29, 0.717) is 12.0 Å². The topological polar surface area (TPSA) is 30.5 Å². The molecule has 2 rings (SSSR count). The van der Waals surface area contributed by atoms with E-state index in [2.05, 4.69) is 25.2 Å². The van der Waals surface area contributed by atoms with Crippen molar-refractivity contribution >= 4 is 0 Å². The molecule has 3 nitrogen and oxygen atoms in total. The molecule has 0 saturated heterocycles. The molecule has 118 valence electrons. The molecule has 1 fully saturated rings. The van der Waals surface area contributed by atoms with E-state index in [1.54, 1.807) is 7.11 Å². The van der Waals surface area contributed by atoms with Crippen LogP contribution in [-0.2, 0) is 6.54 Å². The van der Waals surface area contributed by atoms with Crippen molar-refractivity contribution in [3.63, 3.8) is 0 Å². The Hall–Kier alpha value is -1.22. The molecule has 0 unspecified atom stereocenters. The zero-order valence-electron chi connectivity index (χ0n) is 13.7. The average molecular weight is 291 g/mol. The van der Waals surface area contributed by atoms with Crippen molar-refractivity contribution in [2.24, 2.45) is 5.92 Å². The number of para-hydroxylation sites is 1. The van der Waals surface area contributed by atoms with Crippen molar-refractivity contribution in [3.05, 3.63) is 23.8 Å². The first kappa shape index (κ1) is 16.2. The fraction of sp³-hybridized carbons (Fsp3) is 0.667. The molecular formula is C18H29NO2. The lowest BCUT2D eigenvalue weighted by Gasteiger charge is -2.23. The molecule has 0 aliphatic heterocycles. The molecule has 1 N–H and O–H groups in total. The van der Waals surface area contributed by atoms with Crippen molar-refractivity contribution in [1.82, 2.24) is 5.32 Å². The minimum Gasteiger partial charge on any atom is -0.493 e. The molecule has 1 aliphatic carbocycles.